The molecule has 0 fully saturated rings. The molecule has 2 aromatic carbocycles. The van der Waals surface area contributed by atoms with Crippen LogP contribution in [0.15, 0.2) is 40.8 Å². The molecule has 0 N–H and O–H groups in total. The molecule has 1 aromatic heterocycles. The van der Waals surface area contributed by atoms with E-state index in [0.717, 1.165) is 11.1 Å². The molecule has 4 nitrogen and oxygen atoms in total. The summed E-state index contributed by atoms with van der Waals surface area (Å²) < 4.78 is 16.1. The Kier molecular flexibility index (Phi) is 4.02. The van der Waals surface area contributed by atoms with E-state index in [4.69, 9.17) is 25.5 Å². The van der Waals surface area contributed by atoms with E-state index in [1.807, 2.05) is 24.3 Å². The minimum atomic E-state index is 0.520. The van der Waals surface area contributed by atoms with Crippen molar-refractivity contribution in [2.24, 2.45) is 0 Å². The second-order valence-corrected chi connectivity index (χ2v) is 5.05. The predicted molar refractivity (Wildman–Crippen MR) is 87.5 cm³/mol. The first-order valence-corrected chi connectivity index (χ1v) is 7.03. The Morgan fingerprint density at radius 2 is 1.82 bits per heavy atom. The van der Waals surface area contributed by atoms with E-state index in [-0.39, 0.29) is 0 Å². The maximum atomic E-state index is 5.94. The first-order valence-electron chi connectivity index (χ1n) is 6.66. The van der Waals surface area contributed by atoms with Crippen LogP contribution in [0.1, 0.15) is 11.5 Å². The van der Waals surface area contributed by atoms with Gasteiger partial charge in [-0.25, -0.2) is 4.98 Å². The molecule has 112 valence electrons. The fourth-order valence-corrected chi connectivity index (χ4v) is 2.28. The summed E-state index contributed by atoms with van der Waals surface area (Å²) in [6.45, 7) is 0. The highest BCUT2D eigenvalue weighted by atomic mass is 35.5. The molecule has 1 heterocycles. The van der Waals surface area contributed by atoms with Gasteiger partial charge in [0.25, 0.3) is 0 Å². The smallest absolute Gasteiger partial charge is 0.220 e. The van der Waals surface area contributed by atoms with Crippen molar-refractivity contribution in [1.29, 1.82) is 0 Å². The Balaban J connectivity index is 1.89. The molecule has 0 radical (unpaired) electrons. The number of nitrogens with zero attached hydrogens (tertiary/aromatic N) is 1. The number of benzene rings is 2. The van der Waals surface area contributed by atoms with Crippen molar-refractivity contribution in [3.8, 4) is 11.5 Å². The SMILES string of the molecule is COc1ccc(/C=C/c2nc3cc(Cl)ccc3o2)cc1OC. The van der Waals surface area contributed by atoms with Gasteiger partial charge in [-0.15, -0.1) is 0 Å². The number of fused-ring (bicyclic) bond motifs is 1. The molecule has 0 saturated heterocycles. The molecule has 0 atom stereocenters. The van der Waals surface area contributed by atoms with Gasteiger partial charge in [-0.1, -0.05) is 17.7 Å². The van der Waals surface area contributed by atoms with Crippen LogP contribution in [0, 0.1) is 0 Å². The van der Waals surface area contributed by atoms with Gasteiger partial charge in [0.2, 0.25) is 5.89 Å². The van der Waals surface area contributed by atoms with E-state index < -0.39 is 0 Å². The van der Waals surface area contributed by atoms with Crippen LogP contribution in [0.2, 0.25) is 5.02 Å². The maximum absolute atomic E-state index is 5.94. The molecular weight excluding hydrogens is 302 g/mol. The van der Waals surface area contributed by atoms with Crippen molar-refractivity contribution >= 4 is 34.9 Å². The highest BCUT2D eigenvalue weighted by Gasteiger charge is 2.05. The van der Waals surface area contributed by atoms with Crippen molar-refractivity contribution in [2.75, 3.05) is 14.2 Å². The molecule has 0 bridgehead atoms. The zero-order valence-electron chi connectivity index (χ0n) is 12.2. The molecule has 0 aliphatic rings. The third-order valence-corrected chi connectivity index (χ3v) is 3.43. The summed E-state index contributed by atoms with van der Waals surface area (Å²) in [7, 11) is 3.21. The number of hydrogen-bond donors (Lipinski definition) is 0. The van der Waals surface area contributed by atoms with Gasteiger partial charge in [-0.05, 0) is 42.0 Å². The van der Waals surface area contributed by atoms with Crippen LogP contribution >= 0.6 is 11.6 Å². The highest BCUT2D eigenvalue weighted by Crippen LogP contribution is 2.28. The lowest BCUT2D eigenvalue weighted by Gasteiger charge is -2.07. The lowest BCUT2D eigenvalue weighted by atomic mass is 10.2. The van der Waals surface area contributed by atoms with Gasteiger partial charge in [0, 0.05) is 11.1 Å². The van der Waals surface area contributed by atoms with Gasteiger partial charge in [0.1, 0.15) is 5.52 Å². The Hall–Kier alpha value is -2.46. The summed E-state index contributed by atoms with van der Waals surface area (Å²) in [6, 6.07) is 11.0. The summed E-state index contributed by atoms with van der Waals surface area (Å²) in [4.78, 5) is 4.37. The van der Waals surface area contributed by atoms with E-state index in [9.17, 15) is 0 Å². The van der Waals surface area contributed by atoms with E-state index in [1.165, 1.54) is 0 Å². The minimum Gasteiger partial charge on any atom is -0.493 e. The van der Waals surface area contributed by atoms with E-state index >= 15 is 0 Å². The number of rotatable bonds is 4. The van der Waals surface area contributed by atoms with Crippen LogP contribution in [0.4, 0.5) is 0 Å². The van der Waals surface area contributed by atoms with Gasteiger partial charge in [-0.3, -0.25) is 0 Å². The predicted octanol–water partition coefficient (Wildman–Crippen LogP) is 4.67. The van der Waals surface area contributed by atoms with Crippen molar-refractivity contribution in [3.63, 3.8) is 0 Å². The number of aromatic nitrogens is 1. The number of hydrogen-bond acceptors (Lipinski definition) is 4. The number of halogens is 1. The second-order valence-electron chi connectivity index (χ2n) is 4.61. The van der Waals surface area contributed by atoms with E-state index in [0.29, 0.717) is 28.0 Å². The maximum Gasteiger partial charge on any atom is 0.220 e. The first-order chi connectivity index (χ1) is 10.7. The molecule has 0 aliphatic heterocycles. The van der Waals surface area contributed by atoms with E-state index in [1.54, 1.807) is 38.5 Å². The van der Waals surface area contributed by atoms with Gasteiger partial charge < -0.3 is 13.9 Å². The molecule has 3 rings (SSSR count). The summed E-state index contributed by atoms with van der Waals surface area (Å²) in [5.41, 5.74) is 2.40. The Morgan fingerprint density at radius 3 is 2.59 bits per heavy atom. The highest BCUT2D eigenvalue weighted by molar-refractivity contribution is 6.31. The van der Waals surface area contributed by atoms with Crippen molar-refractivity contribution in [3.05, 3.63) is 52.9 Å². The summed E-state index contributed by atoms with van der Waals surface area (Å²) in [6.07, 6.45) is 3.70. The summed E-state index contributed by atoms with van der Waals surface area (Å²) >= 11 is 5.94. The Labute approximate surface area is 132 Å². The lowest BCUT2D eigenvalue weighted by Crippen LogP contribution is -1.90. The number of ether oxygens (including phenoxy) is 2. The molecule has 22 heavy (non-hydrogen) atoms. The topological polar surface area (TPSA) is 44.5 Å². The van der Waals surface area contributed by atoms with Crippen molar-refractivity contribution < 1.29 is 13.9 Å². The molecule has 0 spiro atoms. The van der Waals surface area contributed by atoms with Crippen molar-refractivity contribution in [1.82, 2.24) is 4.98 Å². The standard InChI is InChI=1S/C17H14ClNO3/c1-20-15-6-3-11(9-16(15)21-2)4-8-17-19-13-10-12(18)5-7-14(13)22-17/h3-10H,1-2H3/b8-4+. The number of oxazole rings is 1. The van der Waals surface area contributed by atoms with Crippen LogP contribution in [0.5, 0.6) is 11.5 Å². The largest absolute Gasteiger partial charge is 0.493 e. The van der Waals surface area contributed by atoms with Gasteiger partial charge in [0.05, 0.1) is 14.2 Å². The van der Waals surface area contributed by atoms with Crippen molar-refractivity contribution in [2.45, 2.75) is 0 Å². The third kappa shape index (κ3) is 2.92. The molecule has 3 aromatic rings. The van der Waals surface area contributed by atoms with Gasteiger partial charge >= 0.3 is 0 Å². The molecule has 0 aliphatic carbocycles. The average molecular weight is 316 g/mol. The molecule has 5 heteroatoms. The molecule has 0 amide bonds. The van der Waals surface area contributed by atoms with Crippen LogP contribution in [-0.2, 0) is 0 Å². The zero-order chi connectivity index (χ0) is 15.5. The first kappa shape index (κ1) is 14.5. The van der Waals surface area contributed by atoms with Crippen LogP contribution in [0.25, 0.3) is 23.3 Å². The number of methoxy groups -OCH3 is 2. The minimum absolute atomic E-state index is 0.520. The molecule has 0 unspecified atom stereocenters. The monoisotopic (exact) mass is 315 g/mol. The third-order valence-electron chi connectivity index (χ3n) is 3.19. The molecule has 0 saturated carbocycles. The quantitative estimate of drug-likeness (QED) is 0.702. The summed E-state index contributed by atoms with van der Waals surface area (Å²) in [5, 5.41) is 0.635. The molecular formula is C17H14ClNO3. The Bertz CT molecular complexity index is 839. The summed E-state index contributed by atoms with van der Waals surface area (Å²) in [5.74, 6) is 1.89. The normalized spacial score (nSPS) is 11.2. The van der Waals surface area contributed by atoms with Crippen LogP contribution in [0.3, 0.4) is 0 Å². The van der Waals surface area contributed by atoms with Gasteiger partial charge in [-0.2, -0.15) is 0 Å². The zero-order valence-corrected chi connectivity index (χ0v) is 12.9. The Morgan fingerprint density at radius 1 is 1.00 bits per heavy atom. The average Bonchev–Trinajstić information content (AvgIpc) is 2.94. The van der Waals surface area contributed by atoms with E-state index in [2.05, 4.69) is 4.98 Å². The van der Waals surface area contributed by atoms with Gasteiger partial charge in [0.15, 0.2) is 17.1 Å². The van der Waals surface area contributed by atoms with Crippen LogP contribution in [-0.4, -0.2) is 19.2 Å². The fraction of sp³-hybridized carbons (Fsp3) is 0.118. The lowest BCUT2D eigenvalue weighted by molar-refractivity contribution is 0.355. The second kappa shape index (κ2) is 6.12. The van der Waals surface area contributed by atoms with Crippen LogP contribution < -0.4 is 9.47 Å². The fourth-order valence-electron chi connectivity index (χ4n) is 2.11.